The second-order valence-electron chi connectivity index (χ2n) is 7.69. The zero-order valence-electron chi connectivity index (χ0n) is 18.4. The van der Waals surface area contributed by atoms with Gasteiger partial charge < -0.3 is 19.1 Å². The summed E-state index contributed by atoms with van der Waals surface area (Å²) in [5.74, 6) is 1.67. The molecule has 0 spiro atoms. The molecule has 6 heteroatoms. The van der Waals surface area contributed by atoms with E-state index in [-0.39, 0.29) is 5.91 Å². The summed E-state index contributed by atoms with van der Waals surface area (Å²) in [5.41, 5.74) is 2.78. The van der Waals surface area contributed by atoms with Crippen molar-refractivity contribution in [3.63, 3.8) is 0 Å². The maximum atomic E-state index is 12.9. The quantitative estimate of drug-likeness (QED) is 0.657. The summed E-state index contributed by atoms with van der Waals surface area (Å²) >= 11 is 0. The number of piperidine rings is 1. The third kappa shape index (κ3) is 5.05. The molecule has 2 aromatic rings. The molecule has 1 amide bonds. The highest BCUT2D eigenvalue weighted by Gasteiger charge is 2.19. The highest BCUT2D eigenvalue weighted by Crippen LogP contribution is 2.40. The van der Waals surface area contributed by atoms with Crippen LogP contribution in [-0.4, -0.2) is 57.2 Å². The predicted molar refractivity (Wildman–Crippen MR) is 117 cm³/mol. The number of carbonyl (C=O) groups is 1. The van der Waals surface area contributed by atoms with E-state index in [0.717, 1.165) is 25.2 Å². The summed E-state index contributed by atoms with van der Waals surface area (Å²) < 4.78 is 16.3. The molecule has 1 fully saturated rings. The largest absolute Gasteiger partial charge is 0.493 e. The molecule has 30 heavy (non-hydrogen) atoms. The van der Waals surface area contributed by atoms with Gasteiger partial charge in [-0.3, -0.25) is 9.69 Å². The summed E-state index contributed by atoms with van der Waals surface area (Å²) in [6, 6.07) is 11.7. The molecule has 0 saturated carbocycles. The molecule has 0 aromatic heterocycles. The lowest BCUT2D eigenvalue weighted by Crippen LogP contribution is -2.29. The average Bonchev–Trinajstić information content (AvgIpc) is 2.79. The van der Waals surface area contributed by atoms with Crippen LogP contribution in [0.2, 0.25) is 0 Å². The first kappa shape index (κ1) is 22.0. The van der Waals surface area contributed by atoms with Crippen molar-refractivity contribution < 1.29 is 19.0 Å². The minimum absolute atomic E-state index is 0.0311. The number of methoxy groups -OCH3 is 3. The van der Waals surface area contributed by atoms with Crippen LogP contribution in [0.3, 0.4) is 0 Å². The lowest BCUT2D eigenvalue weighted by atomic mass is 10.1. The van der Waals surface area contributed by atoms with Crippen molar-refractivity contribution in [1.82, 2.24) is 9.80 Å². The second kappa shape index (κ2) is 10.3. The lowest BCUT2D eigenvalue weighted by molar-refractivity contribution is 0.0784. The zero-order chi connectivity index (χ0) is 21.5. The zero-order valence-corrected chi connectivity index (χ0v) is 18.4. The molecule has 0 unspecified atom stereocenters. The molecule has 6 nitrogen and oxygen atoms in total. The topological polar surface area (TPSA) is 51.2 Å². The fraction of sp³-hybridized carbons (Fsp3) is 0.458. The van der Waals surface area contributed by atoms with E-state index in [1.165, 1.54) is 24.8 Å². The number of hydrogen-bond acceptors (Lipinski definition) is 5. The summed E-state index contributed by atoms with van der Waals surface area (Å²) in [6.45, 7) is 3.68. The Morgan fingerprint density at radius 1 is 0.900 bits per heavy atom. The average molecular weight is 413 g/mol. The molecule has 1 aliphatic rings. The summed E-state index contributed by atoms with van der Waals surface area (Å²) in [7, 11) is 6.54. The van der Waals surface area contributed by atoms with E-state index in [2.05, 4.69) is 17.0 Å². The van der Waals surface area contributed by atoms with E-state index in [1.54, 1.807) is 33.3 Å². The molecular formula is C24H32N2O4. The first-order valence-electron chi connectivity index (χ1n) is 10.4. The number of benzene rings is 2. The van der Waals surface area contributed by atoms with Gasteiger partial charge in [0.05, 0.1) is 21.3 Å². The number of ether oxygens (including phenoxy) is 3. The number of carbonyl (C=O) groups excluding carboxylic acids is 1. The van der Waals surface area contributed by atoms with E-state index in [1.807, 2.05) is 24.3 Å². The first-order valence-corrected chi connectivity index (χ1v) is 10.4. The van der Waals surface area contributed by atoms with Gasteiger partial charge in [0.2, 0.25) is 5.75 Å². The van der Waals surface area contributed by atoms with Crippen LogP contribution in [0.1, 0.15) is 40.7 Å². The van der Waals surface area contributed by atoms with Gasteiger partial charge >= 0.3 is 0 Å². The number of nitrogens with zero attached hydrogens (tertiary/aromatic N) is 2. The number of rotatable bonds is 8. The Morgan fingerprint density at radius 3 is 2.17 bits per heavy atom. The fourth-order valence-electron chi connectivity index (χ4n) is 3.96. The van der Waals surface area contributed by atoms with E-state index in [0.29, 0.717) is 29.4 Å². The fourth-order valence-corrected chi connectivity index (χ4v) is 3.96. The minimum atomic E-state index is -0.0311. The summed E-state index contributed by atoms with van der Waals surface area (Å²) in [4.78, 5) is 17.1. The van der Waals surface area contributed by atoms with Crippen LogP contribution in [0.25, 0.3) is 0 Å². The van der Waals surface area contributed by atoms with Gasteiger partial charge in [-0.2, -0.15) is 0 Å². The molecule has 1 heterocycles. The van der Waals surface area contributed by atoms with E-state index >= 15 is 0 Å². The van der Waals surface area contributed by atoms with Crippen molar-refractivity contribution in [2.45, 2.75) is 32.4 Å². The van der Waals surface area contributed by atoms with Gasteiger partial charge in [-0.15, -0.1) is 0 Å². The van der Waals surface area contributed by atoms with Crippen LogP contribution >= 0.6 is 0 Å². The van der Waals surface area contributed by atoms with Crippen molar-refractivity contribution in [2.75, 3.05) is 41.5 Å². The maximum absolute atomic E-state index is 12.9. The molecular weight excluding hydrogens is 380 g/mol. The normalized spacial score (nSPS) is 14.3. The van der Waals surface area contributed by atoms with Crippen LogP contribution in [-0.2, 0) is 13.1 Å². The highest BCUT2D eigenvalue weighted by atomic mass is 16.5. The van der Waals surface area contributed by atoms with E-state index in [9.17, 15) is 4.79 Å². The van der Waals surface area contributed by atoms with Crippen molar-refractivity contribution in [1.29, 1.82) is 0 Å². The summed E-state index contributed by atoms with van der Waals surface area (Å²) in [6.07, 6.45) is 3.89. The van der Waals surface area contributed by atoms with Crippen molar-refractivity contribution in [3.05, 3.63) is 53.1 Å². The molecule has 0 bridgehead atoms. The minimum Gasteiger partial charge on any atom is -0.493 e. The van der Waals surface area contributed by atoms with Gasteiger partial charge in [0, 0.05) is 31.3 Å². The Kier molecular flexibility index (Phi) is 7.57. The first-order chi connectivity index (χ1) is 14.6. The Labute approximate surface area is 179 Å². The number of amides is 1. The van der Waals surface area contributed by atoms with Gasteiger partial charge in [0.15, 0.2) is 11.5 Å². The highest BCUT2D eigenvalue weighted by molar-refractivity contribution is 5.94. The van der Waals surface area contributed by atoms with Crippen LogP contribution in [0.15, 0.2) is 36.4 Å². The van der Waals surface area contributed by atoms with Crippen molar-refractivity contribution >= 4 is 5.91 Å². The molecule has 1 saturated heterocycles. The van der Waals surface area contributed by atoms with Crippen molar-refractivity contribution in [2.24, 2.45) is 0 Å². The Morgan fingerprint density at radius 2 is 1.57 bits per heavy atom. The molecule has 0 atom stereocenters. The molecule has 0 radical (unpaired) electrons. The SMILES string of the molecule is COc1ccc(CN(C)C(=O)c2ccc(CN3CCCCC3)cc2)c(OC)c1OC. The lowest BCUT2D eigenvalue weighted by Gasteiger charge is -2.26. The third-order valence-electron chi connectivity index (χ3n) is 5.60. The standard InChI is InChI=1S/C24H32N2O4/c1-25(17-20-12-13-21(28-2)23(30-4)22(20)29-3)24(27)19-10-8-18(9-11-19)16-26-14-6-5-7-15-26/h8-13H,5-7,14-17H2,1-4H3. The Balaban J connectivity index is 1.68. The second-order valence-corrected chi connectivity index (χ2v) is 7.69. The third-order valence-corrected chi connectivity index (χ3v) is 5.60. The Hall–Kier alpha value is -2.73. The molecule has 0 aliphatic carbocycles. The van der Waals surface area contributed by atoms with Crippen LogP contribution in [0.4, 0.5) is 0 Å². The van der Waals surface area contributed by atoms with Gasteiger partial charge in [-0.05, 0) is 55.8 Å². The van der Waals surface area contributed by atoms with Crippen LogP contribution in [0.5, 0.6) is 17.2 Å². The van der Waals surface area contributed by atoms with Crippen LogP contribution in [0, 0.1) is 0 Å². The van der Waals surface area contributed by atoms with Gasteiger partial charge in [0.25, 0.3) is 5.91 Å². The van der Waals surface area contributed by atoms with Gasteiger partial charge in [-0.25, -0.2) is 0 Å². The molecule has 162 valence electrons. The van der Waals surface area contributed by atoms with Gasteiger partial charge in [0.1, 0.15) is 0 Å². The number of hydrogen-bond donors (Lipinski definition) is 0. The van der Waals surface area contributed by atoms with Gasteiger partial charge in [-0.1, -0.05) is 18.6 Å². The smallest absolute Gasteiger partial charge is 0.253 e. The van der Waals surface area contributed by atoms with E-state index in [4.69, 9.17) is 14.2 Å². The maximum Gasteiger partial charge on any atom is 0.253 e. The number of likely N-dealkylation sites (tertiary alicyclic amines) is 1. The molecule has 3 rings (SSSR count). The predicted octanol–water partition coefficient (Wildman–Crippen LogP) is 3.97. The monoisotopic (exact) mass is 412 g/mol. The molecule has 0 N–H and O–H groups in total. The molecule has 2 aromatic carbocycles. The molecule has 1 aliphatic heterocycles. The van der Waals surface area contributed by atoms with E-state index < -0.39 is 0 Å². The summed E-state index contributed by atoms with van der Waals surface area (Å²) in [5, 5.41) is 0. The Bertz CT molecular complexity index is 845. The van der Waals surface area contributed by atoms with Crippen LogP contribution < -0.4 is 14.2 Å². The van der Waals surface area contributed by atoms with Crippen molar-refractivity contribution in [3.8, 4) is 17.2 Å².